The highest BCUT2D eigenvalue weighted by atomic mass is 16.5. The van der Waals surface area contributed by atoms with Crippen molar-refractivity contribution in [2.75, 3.05) is 92.9 Å². The first-order valence-corrected chi connectivity index (χ1v) is 13.1. The molecule has 0 spiro atoms. The fourth-order valence-corrected chi connectivity index (χ4v) is 4.83. The van der Waals surface area contributed by atoms with Crippen LogP contribution >= 0.6 is 0 Å². The third-order valence-corrected chi connectivity index (χ3v) is 6.86. The van der Waals surface area contributed by atoms with Crippen molar-refractivity contribution < 1.29 is 19.3 Å². The number of aliphatic hydroxyl groups is 1. The summed E-state index contributed by atoms with van der Waals surface area (Å²) in [5, 5.41) is 13.3. The minimum Gasteiger partial charge on any atom is -0.497 e. The van der Waals surface area contributed by atoms with E-state index in [1.54, 1.807) is 13.3 Å². The number of anilines is 6. The zero-order chi connectivity index (χ0) is 26.3. The van der Waals surface area contributed by atoms with E-state index in [0.717, 1.165) is 86.7 Å². The summed E-state index contributed by atoms with van der Waals surface area (Å²) >= 11 is 0. The lowest BCUT2D eigenvalue weighted by atomic mass is 10.1. The lowest BCUT2D eigenvalue weighted by Gasteiger charge is -2.33. The molecule has 38 heavy (non-hydrogen) atoms. The van der Waals surface area contributed by atoms with Crippen LogP contribution in [0.2, 0.25) is 0 Å². The summed E-state index contributed by atoms with van der Waals surface area (Å²) in [6.45, 7) is 8.71. The molecule has 202 valence electrons. The molecule has 2 aliphatic heterocycles. The molecule has 1 aromatic heterocycles. The third-order valence-electron chi connectivity index (χ3n) is 6.86. The average Bonchev–Trinajstić information content (AvgIpc) is 2.97. The van der Waals surface area contributed by atoms with Crippen molar-refractivity contribution in [3.8, 4) is 5.75 Å². The smallest absolute Gasteiger partial charge is 0.229 e. The van der Waals surface area contributed by atoms with Crippen molar-refractivity contribution in [1.29, 1.82) is 0 Å². The number of benzene rings is 2. The average molecular weight is 521 g/mol. The number of aliphatic hydroxyl groups excluding tert-OH is 1. The zero-order valence-corrected chi connectivity index (χ0v) is 22.1. The number of nitrogens with one attached hydrogen (secondary N) is 1. The highest BCUT2D eigenvalue weighted by Crippen LogP contribution is 2.33. The van der Waals surface area contributed by atoms with Crippen LogP contribution in [-0.2, 0) is 9.47 Å². The van der Waals surface area contributed by atoms with E-state index in [4.69, 9.17) is 19.2 Å². The number of ether oxygens (including phenoxy) is 3. The summed E-state index contributed by atoms with van der Waals surface area (Å²) < 4.78 is 16.6. The summed E-state index contributed by atoms with van der Waals surface area (Å²) in [6.07, 6.45) is 1.74. The first-order chi connectivity index (χ1) is 18.6. The highest BCUT2D eigenvalue weighted by Gasteiger charge is 2.19. The monoisotopic (exact) mass is 520 g/mol. The van der Waals surface area contributed by atoms with Gasteiger partial charge in [-0.1, -0.05) is 6.07 Å². The molecule has 2 saturated heterocycles. The van der Waals surface area contributed by atoms with Crippen LogP contribution in [0.3, 0.4) is 0 Å². The summed E-state index contributed by atoms with van der Waals surface area (Å²) in [6, 6.07) is 14.3. The van der Waals surface area contributed by atoms with Crippen molar-refractivity contribution >= 4 is 34.5 Å². The van der Waals surface area contributed by atoms with E-state index < -0.39 is 0 Å². The maximum absolute atomic E-state index is 9.83. The molecule has 10 heteroatoms. The van der Waals surface area contributed by atoms with E-state index >= 15 is 0 Å². The van der Waals surface area contributed by atoms with Gasteiger partial charge in [-0.2, -0.15) is 4.98 Å². The molecule has 2 aliphatic rings. The van der Waals surface area contributed by atoms with Crippen LogP contribution in [0.5, 0.6) is 5.75 Å². The molecule has 2 N–H and O–H groups in total. The molecular formula is C28H36N6O4. The number of nitrogens with zero attached hydrogens (tertiary/aromatic N) is 5. The van der Waals surface area contributed by atoms with Crippen LogP contribution in [0.15, 0.2) is 48.7 Å². The van der Waals surface area contributed by atoms with E-state index in [-0.39, 0.29) is 6.61 Å². The largest absolute Gasteiger partial charge is 0.497 e. The van der Waals surface area contributed by atoms with E-state index in [1.807, 2.05) is 36.1 Å². The Hall–Kier alpha value is -3.60. The maximum Gasteiger partial charge on any atom is 0.229 e. The second kappa shape index (κ2) is 12.3. The van der Waals surface area contributed by atoms with Crippen LogP contribution in [0.25, 0.3) is 0 Å². The fourth-order valence-electron chi connectivity index (χ4n) is 4.83. The first-order valence-electron chi connectivity index (χ1n) is 13.1. The molecule has 5 rings (SSSR count). The van der Waals surface area contributed by atoms with Gasteiger partial charge in [-0.15, -0.1) is 0 Å². The van der Waals surface area contributed by atoms with Crippen molar-refractivity contribution in [3.63, 3.8) is 0 Å². The number of hydrogen-bond acceptors (Lipinski definition) is 10. The van der Waals surface area contributed by atoms with E-state index in [9.17, 15) is 5.11 Å². The van der Waals surface area contributed by atoms with Crippen LogP contribution in [0, 0.1) is 6.92 Å². The van der Waals surface area contributed by atoms with Crippen molar-refractivity contribution in [3.05, 3.63) is 54.2 Å². The Kier molecular flexibility index (Phi) is 8.42. The number of methoxy groups -OCH3 is 1. The van der Waals surface area contributed by atoms with Gasteiger partial charge in [0.25, 0.3) is 0 Å². The molecule has 10 nitrogen and oxygen atoms in total. The molecule has 0 saturated carbocycles. The van der Waals surface area contributed by atoms with E-state index in [2.05, 4.69) is 38.3 Å². The molecule has 0 bridgehead atoms. The summed E-state index contributed by atoms with van der Waals surface area (Å²) in [5.74, 6) is 1.92. The number of rotatable bonds is 9. The second-order valence-electron chi connectivity index (χ2n) is 9.33. The number of hydrogen-bond donors (Lipinski definition) is 2. The molecule has 3 aromatic rings. The number of aryl methyl sites for hydroxylation is 1. The van der Waals surface area contributed by atoms with Gasteiger partial charge in [-0.25, -0.2) is 4.98 Å². The Morgan fingerprint density at radius 3 is 2.21 bits per heavy atom. The topological polar surface area (TPSA) is 95.5 Å². The van der Waals surface area contributed by atoms with Gasteiger partial charge in [0.1, 0.15) is 11.6 Å². The Labute approximate surface area is 223 Å². The van der Waals surface area contributed by atoms with Gasteiger partial charge in [0, 0.05) is 67.7 Å². The van der Waals surface area contributed by atoms with Crippen molar-refractivity contribution in [1.82, 2.24) is 9.97 Å². The summed E-state index contributed by atoms with van der Waals surface area (Å²) in [5.41, 5.74) is 5.18. The lowest BCUT2D eigenvalue weighted by molar-refractivity contribution is 0.122. The SMILES string of the molecule is COc1ccc(C)c(N(CCO)c2ccnc(Nc3cc(N4CCOCC4)cc(N4CCOCC4)c3)n2)c1. The quantitative estimate of drug-likeness (QED) is 0.437. The van der Waals surface area contributed by atoms with Crippen LogP contribution < -0.4 is 24.8 Å². The van der Waals surface area contributed by atoms with E-state index in [1.165, 1.54) is 0 Å². The minimum absolute atomic E-state index is 0.0199. The summed E-state index contributed by atoms with van der Waals surface area (Å²) in [4.78, 5) is 16.0. The Morgan fingerprint density at radius 2 is 1.61 bits per heavy atom. The molecule has 0 amide bonds. The lowest BCUT2D eigenvalue weighted by Crippen LogP contribution is -2.38. The first kappa shape index (κ1) is 26.0. The summed E-state index contributed by atoms with van der Waals surface area (Å²) in [7, 11) is 1.65. The molecule has 0 unspecified atom stereocenters. The standard InChI is InChI=1S/C28H36N6O4/c1-21-3-4-25(36-2)20-26(21)34(7-12-35)27-5-6-29-28(31-27)30-22-17-23(32-8-13-37-14-9-32)19-24(18-22)33-10-15-38-16-11-33/h3-6,17-20,35H,7-16H2,1-2H3,(H,29,30,31). The van der Waals surface area contributed by atoms with Gasteiger partial charge in [-0.3, -0.25) is 0 Å². The van der Waals surface area contributed by atoms with Gasteiger partial charge in [-0.05, 0) is 42.8 Å². The fraction of sp³-hybridized carbons (Fsp3) is 0.429. The number of aromatic nitrogens is 2. The highest BCUT2D eigenvalue weighted by molar-refractivity contribution is 5.72. The van der Waals surface area contributed by atoms with Gasteiger partial charge in [0.2, 0.25) is 5.95 Å². The van der Waals surface area contributed by atoms with E-state index in [0.29, 0.717) is 18.3 Å². The minimum atomic E-state index is -0.0199. The maximum atomic E-state index is 9.83. The third kappa shape index (κ3) is 6.09. The Bertz CT molecular complexity index is 1180. The molecule has 3 heterocycles. The predicted octanol–water partition coefficient (Wildman–Crippen LogP) is 3.34. The Morgan fingerprint density at radius 1 is 0.947 bits per heavy atom. The van der Waals surface area contributed by atoms with Gasteiger partial charge in [0.15, 0.2) is 0 Å². The molecule has 0 radical (unpaired) electrons. The molecular weight excluding hydrogens is 484 g/mol. The molecule has 2 aromatic carbocycles. The predicted molar refractivity (Wildman–Crippen MR) is 150 cm³/mol. The van der Waals surface area contributed by atoms with Crippen LogP contribution in [0.1, 0.15) is 5.56 Å². The molecule has 2 fully saturated rings. The number of morpholine rings is 2. The van der Waals surface area contributed by atoms with Crippen LogP contribution in [-0.4, -0.2) is 87.9 Å². The van der Waals surface area contributed by atoms with Gasteiger partial charge in [0.05, 0.1) is 40.1 Å². The Balaban J connectivity index is 1.45. The molecule has 0 aliphatic carbocycles. The van der Waals surface area contributed by atoms with Crippen LogP contribution in [0.4, 0.5) is 34.5 Å². The zero-order valence-electron chi connectivity index (χ0n) is 22.1. The van der Waals surface area contributed by atoms with Gasteiger partial charge >= 0.3 is 0 Å². The van der Waals surface area contributed by atoms with Crippen molar-refractivity contribution in [2.24, 2.45) is 0 Å². The molecule has 0 atom stereocenters. The second-order valence-corrected chi connectivity index (χ2v) is 9.33. The van der Waals surface area contributed by atoms with Crippen molar-refractivity contribution in [2.45, 2.75) is 6.92 Å². The van der Waals surface area contributed by atoms with Gasteiger partial charge < -0.3 is 39.3 Å². The normalized spacial score (nSPS) is 15.9.